The maximum Gasteiger partial charge on any atom is 0.348 e. The molecule has 1 unspecified atom stereocenters. The topological polar surface area (TPSA) is 73.2 Å². The van der Waals surface area contributed by atoms with Crippen LogP contribution in [-0.2, 0) is 28.9 Å². The van der Waals surface area contributed by atoms with Gasteiger partial charge in [-0.05, 0) is 55.7 Å². The number of hydrogen-bond acceptors (Lipinski definition) is 5. The summed E-state index contributed by atoms with van der Waals surface area (Å²) in [5, 5.41) is 3.64. The SMILES string of the molecule is CC(C)c1ccc(NC(=O)CSc2nc(=O)n(CC3CCCO3)c3c2CCC3)cc1. The van der Waals surface area contributed by atoms with Gasteiger partial charge in [-0.3, -0.25) is 9.36 Å². The summed E-state index contributed by atoms with van der Waals surface area (Å²) in [4.78, 5) is 29.5. The van der Waals surface area contributed by atoms with Crippen molar-refractivity contribution in [3.63, 3.8) is 0 Å². The minimum absolute atomic E-state index is 0.0885. The zero-order valence-electron chi connectivity index (χ0n) is 17.6. The van der Waals surface area contributed by atoms with Crippen LogP contribution in [0.5, 0.6) is 0 Å². The van der Waals surface area contributed by atoms with Gasteiger partial charge in [-0.2, -0.15) is 4.98 Å². The Morgan fingerprint density at radius 3 is 2.77 bits per heavy atom. The van der Waals surface area contributed by atoms with Crippen molar-refractivity contribution >= 4 is 23.4 Å². The van der Waals surface area contributed by atoms with Crippen LogP contribution in [0.2, 0.25) is 0 Å². The molecular weight excluding hydrogens is 398 g/mol. The predicted octanol–water partition coefficient (Wildman–Crippen LogP) is 3.77. The minimum atomic E-state index is -0.224. The average molecular weight is 428 g/mol. The molecule has 0 radical (unpaired) electrons. The van der Waals surface area contributed by atoms with Crippen LogP contribution in [0.25, 0.3) is 0 Å². The molecule has 30 heavy (non-hydrogen) atoms. The van der Waals surface area contributed by atoms with Gasteiger partial charge in [0.2, 0.25) is 5.91 Å². The Bertz CT molecular complexity index is 963. The molecule has 1 fully saturated rings. The number of carbonyl (C=O) groups excluding carboxylic acids is 1. The third kappa shape index (κ3) is 4.78. The number of nitrogens with zero attached hydrogens (tertiary/aromatic N) is 2. The monoisotopic (exact) mass is 427 g/mol. The Hall–Kier alpha value is -2.12. The van der Waals surface area contributed by atoms with E-state index in [0.717, 1.165) is 55.7 Å². The van der Waals surface area contributed by atoms with E-state index in [1.807, 2.05) is 24.3 Å². The molecule has 2 aliphatic rings. The lowest BCUT2D eigenvalue weighted by molar-refractivity contribution is -0.113. The van der Waals surface area contributed by atoms with Crippen LogP contribution in [0.15, 0.2) is 34.1 Å². The summed E-state index contributed by atoms with van der Waals surface area (Å²) in [5.74, 6) is 0.607. The zero-order valence-corrected chi connectivity index (χ0v) is 18.5. The summed E-state index contributed by atoms with van der Waals surface area (Å²) in [6, 6.07) is 7.94. The number of ether oxygens (including phenoxy) is 1. The van der Waals surface area contributed by atoms with Crippen molar-refractivity contribution in [2.24, 2.45) is 0 Å². The second kappa shape index (κ2) is 9.35. The van der Waals surface area contributed by atoms with Gasteiger partial charge >= 0.3 is 5.69 Å². The summed E-state index contributed by atoms with van der Waals surface area (Å²) in [6.45, 7) is 5.65. The van der Waals surface area contributed by atoms with Crippen molar-refractivity contribution < 1.29 is 9.53 Å². The number of thioether (sulfide) groups is 1. The largest absolute Gasteiger partial charge is 0.376 e. The number of amides is 1. The van der Waals surface area contributed by atoms with Crippen molar-refractivity contribution in [1.29, 1.82) is 0 Å². The van der Waals surface area contributed by atoms with E-state index in [1.165, 1.54) is 17.3 Å². The first-order chi connectivity index (χ1) is 14.5. The highest BCUT2D eigenvalue weighted by Crippen LogP contribution is 2.30. The van der Waals surface area contributed by atoms with Crippen LogP contribution in [0.1, 0.15) is 55.8 Å². The van der Waals surface area contributed by atoms with Gasteiger partial charge in [-0.25, -0.2) is 4.79 Å². The number of fused-ring (bicyclic) bond motifs is 1. The Kier molecular flexibility index (Phi) is 6.58. The van der Waals surface area contributed by atoms with Crippen LogP contribution in [0.3, 0.4) is 0 Å². The number of anilines is 1. The lowest BCUT2D eigenvalue weighted by Crippen LogP contribution is -2.31. The first-order valence-electron chi connectivity index (χ1n) is 10.8. The molecule has 0 bridgehead atoms. The molecule has 2 aromatic rings. The molecule has 1 aromatic heterocycles. The number of hydrogen-bond donors (Lipinski definition) is 1. The third-order valence-corrected chi connectivity index (χ3v) is 6.83. The smallest absolute Gasteiger partial charge is 0.348 e. The standard InChI is InChI=1S/C23H29N3O3S/c1-15(2)16-8-10-17(11-9-16)24-21(27)14-30-22-19-6-3-7-20(19)26(23(28)25-22)13-18-5-4-12-29-18/h8-11,15,18H,3-7,12-14H2,1-2H3,(H,24,27). The van der Waals surface area contributed by atoms with E-state index in [2.05, 4.69) is 24.1 Å². The van der Waals surface area contributed by atoms with E-state index in [9.17, 15) is 9.59 Å². The molecule has 0 spiro atoms. The second-order valence-corrected chi connectivity index (χ2v) is 9.30. The van der Waals surface area contributed by atoms with Crippen molar-refractivity contribution in [3.8, 4) is 0 Å². The van der Waals surface area contributed by atoms with Crippen molar-refractivity contribution in [2.75, 3.05) is 17.7 Å². The summed E-state index contributed by atoms with van der Waals surface area (Å²) in [6.07, 6.45) is 4.99. The third-order valence-electron chi connectivity index (χ3n) is 5.81. The quantitative estimate of drug-likeness (QED) is 0.538. The molecule has 160 valence electrons. The van der Waals surface area contributed by atoms with E-state index in [1.54, 1.807) is 4.57 Å². The van der Waals surface area contributed by atoms with Crippen LogP contribution in [-0.4, -0.2) is 33.9 Å². The van der Waals surface area contributed by atoms with Crippen molar-refractivity contribution in [2.45, 2.75) is 69.5 Å². The Labute approximate surface area is 181 Å². The average Bonchev–Trinajstić information content (AvgIpc) is 3.41. The summed E-state index contributed by atoms with van der Waals surface area (Å²) >= 11 is 1.36. The van der Waals surface area contributed by atoms with Crippen LogP contribution >= 0.6 is 11.8 Å². The number of nitrogens with one attached hydrogen (secondary N) is 1. The van der Waals surface area contributed by atoms with E-state index in [-0.39, 0.29) is 23.5 Å². The molecule has 1 atom stereocenters. The fourth-order valence-electron chi connectivity index (χ4n) is 4.17. The number of rotatable bonds is 7. The van der Waals surface area contributed by atoms with Crippen LogP contribution in [0.4, 0.5) is 5.69 Å². The van der Waals surface area contributed by atoms with Crippen molar-refractivity contribution in [1.82, 2.24) is 9.55 Å². The number of aromatic nitrogens is 2. The lowest BCUT2D eigenvalue weighted by atomic mass is 10.0. The first kappa shape index (κ1) is 21.1. The minimum Gasteiger partial charge on any atom is -0.376 e. The van der Waals surface area contributed by atoms with Gasteiger partial charge in [0.15, 0.2) is 0 Å². The summed E-state index contributed by atoms with van der Waals surface area (Å²) in [7, 11) is 0. The molecule has 0 saturated carbocycles. The fraction of sp³-hybridized carbons (Fsp3) is 0.522. The van der Waals surface area contributed by atoms with Gasteiger partial charge < -0.3 is 10.1 Å². The maximum absolute atomic E-state index is 12.7. The lowest BCUT2D eigenvalue weighted by Gasteiger charge is -2.17. The molecule has 1 aliphatic heterocycles. The van der Waals surface area contributed by atoms with Gasteiger partial charge in [-0.1, -0.05) is 37.7 Å². The Morgan fingerprint density at radius 1 is 1.27 bits per heavy atom. The van der Waals surface area contributed by atoms with E-state index in [0.29, 0.717) is 17.5 Å². The van der Waals surface area contributed by atoms with E-state index >= 15 is 0 Å². The molecule has 7 heteroatoms. The molecule has 6 nitrogen and oxygen atoms in total. The van der Waals surface area contributed by atoms with Crippen LogP contribution in [0, 0.1) is 0 Å². The fourth-order valence-corrected chi connectivity index (χ4v) is 5.04. The zero-order chi connectivity index (χ0) is 21.1. The van der Waals surface area contributed by atoms with E-state index < -0.39 is 0 Å². The van der Waals surface area contributed by atoms with Crippen LogP contribution < -0.4 is 11.0 Å². The van der Waals surface area contributed by atoms with Gasteiger partial charge in [0.1, 0.15) is 5.03 Å². The molecule has 1 N–H and O–H groups in total. The molecular formula is C23H29N3O3S. The molecule has 1 aliphatic carbocycles. The van der Waals surface area contributed by atoms with Gasteiger partial charge in [0.25, 0.3) is 0 Å². The normalized spacial score (nSPS) is 18.0. The van der Waals surface area contributed by atoms with Gasteiger partial charge in [0, 0.05) is 23.6 Å². The molecule has 1 saturated heterocycles. The first-order valence-corrected chi connectivity index (χ1v) is 11.8. The maximum atomic E-state index is 12.7. The number of benzene rings is 1. The highest BCUT2D eigenvalue weighted by molar-refractivity contribution is 8.00. The Balaban J connectivity index is 1.42. The highest BCUT2D eigenvalue weighted by Gasteiger charge is 2.25. The van der Waals surface area contributed by atoms with Gasteiger partial charge in [-0.15, -0.1) is 0 Å². The Morgan fingerprint density at radius 2 is 2.07 bits per heavy atom. The molecule has 4 rings (SSSR count). The summed E-state index contributed by atoms with van der Waals surface area (Å²) in [5.41, 5.74) is 4.02. The van der Waals surface area contributed by atoms with E-state index in [4.69, 9.17) is 4.74 Å². The molecule has 2 heterocycles. The summed E-state index contributed by atoms with van der Waals surface area (Å²) < 4.78 is 7.52. The van der Waals surface area contributed by atoms with Crippen molar-refractivity contribution in [3.05, 3.63) is 51.6 Å². The van der Waals surface area contributed by atoms with Gasteiger partial charge in [0.05, 0.1) is 18.4 Å². The highest BCUT2D eigenvalue weighted by atomic mass is 32.2. The molecule has 1 amide bonds. The predicted molar refractivity (Wildman–Crippen MR) is 119 cm³/mol. The number of carbonyl (C=O) groups is 1. The molecule has 1 aromatic carbocycles. The second-order valence-electron chi connectivity index (χ2n) is 8.34.